The Morgan fingerprint density at radius 2 is 1.95 bits per heavy atom. The van der Waals surface area contributed by atoms with Gasteiger partial charge in [-0.05, 0) is 29.3 Å². The number of carbonyl (C=O) groups excluding carboxylic acids is 1. The average molecular weight is 270 g/mol. The highest BCUT2D eigenvalue weighted by molar-refractivity contribution is 7.10. The molecule has 19 heavy (non-hydrogen) atoms. The van der Waals surface area contributed by atoms with Crippen molar-refractivity contribution in [2.75, 3.05) is 0 Å². The highest BCUT2D eigenvalue weighted by Gasteiger charge is 2.44. The Morgan fingerprint density at radius 1 is 1.21 bits per heavy atom. The fourth-order valence-corrected chi connectivity index (χ4v) is 3.45. The quantitative estimate of drug-likeness (QED) is 0.725. The van der Waals surface area contributed by atoms with E-state index in [0.717, 1.165) is 12.0 Å². The van der Waals surface area contributed by atoms with Crippen LogP contribution in [0.25, 0.3) is 0 Å². The first-order chi connectivity index (χ1) is 9.16. The zero-order chi connectivity index (χ0) is 13.4. The molecule has 0 spiro atoms. The molecule has 0 radical (unpaired) electrons. The third-order valence-electron chi connectivity index (χ3n) is 3.90. The molecule has 1 aromatic heterocycles. The molecule has 1 aromatic carbocycles. The van der Waals surface area contributed by atoms with Gasteiger partial charge in [-0.1, -0.05) is 44.2 Å². The molecule has 1 heterocycles. The van der Waals surface area contributed by atoms with E-state index < -0.39 is 0 Å². The molecule has 1 aliphatic carbocycles. The van der Waals surface area contributed by atoms with Crippen LogP contribution in [0.1, 0.15) is 52.9 Å². The fourth-order valence-electron chi connectivity index (χ4n) is 2.55. The van der Waals surface area contributed by atoms with Gasteiger partial charge in [0.25, 0.3) is 0 Å². The molecular weight excluding hydrogens is 252 g/mol. The number of Topliss-reactive ketones (excluding diaryl/α,β-unsaturated/α-hetero) is 1. The summed E-state index contributed by atoms with van der Waals surface area (Å²) in [5, 5.41) is 2.09. The Morgan fingerprint density at radius 3 is 2.53 bits per heavy atom. The summed E-state index contributed by atoms with van der Waals surface area (Å²) in [6, 6.07) is 12.4. The van der Waals surface area contributed by atoms with Crippen LogP contribution in [0.5, 0.6) is 0 Å². The lowest BCUT2D eigenvalue weighted by molar-refractivity contribution is 0.0965. The van der Waals surface area contributed by atoms with E-state index in [9.17, 15) is 4.79 Å². The van der Waals surface area contributed by atoms with Gasteiger partial charge in [-0.15, -0.1) is 11.3 Å². The summed E-state index contributed by atoms with van der Waals surface area (Å²) < 4.78 is 0. The van der Waals surface area contributed by atoms with Crippen LogP contribution in [0.15, 0.2) is 41.8 Å². The van der Waals surface area contributed by atoms with E-state index >= 15 is 0 Å². The summed E-state index contributed by atoms with van der Waals surface area (Å²) in [5.74, 6) is 1.51. The predicted molar refractivity (Wildman–Crippen MR) is 80.0 cm³/mol. The van der Waals surface area contributed by atoms with Crippen LogP contribution in [0.4, 0.5) is 0 Å². The third-order valence-corrected chi connectivity index (χ3v) is 4.90. The lowest BCUT2D eigenvalue weighted by Gasteiger charge is -2.06. The second kappa shape index (κ2) is 4.93. The molecule has 1 nitrogen and oxygen atoms in total. The summed E-state index contributed by atoms with van der Waals surface area (Å²) in [6.45, 7) is 4.34. The van der Waals surface area contributed by atoms with E-state index in [2.05, 4.69) is 43.5 Å². The maximum absolute atomic E-state index is 12.4. The molecule has 1 fully saturated rings. The van der Waals surface area contributed by atoms with Gasteiger partial charge in [0, 0.05) is 22.3 Å². The Hall–Kier alpha value is -1.41. The second-order valence-corrected chi connectivity index (χ2v) is 6.58. The fraction of sp³-hybridized carbons (Fsp3) is 0.353. The summed E-state index contributed by atoms with van der Waals surface area (Å²) in [4.78, 5) is 13.8. The zero-order valence-electron chi connectivity index (χ0n) is 11.3. The monoisotopic (exact) mass is 270 g/mol. The van der Waals surface area contributed by atoms with Crippen molar-refractivity contribution in [3.8, 4) is 0 Å². The van der Waals surface area contributed by atoms with E-state index in [-0.39, 0.29) is 5.92 Å². The van der Waals surface area contributed by atoms with Gasteiger partial charge in [-0.2, -0.15) is 0 Å². The van der Waals surface area contributed by atoms with Gasteiger partial charge < -0.3 is 0 Å². The number of rotatable bonds is 4. The molecule has 0 saturated heterocycles. The molecule has 2 unspecified atom stereocenters. The SMILES string of the molecule is CC(C)c1ccc(C(=O)C2CC2c2cccs2)cc1. The molecule has 0 amide bonds. The highest BCUT2D eigenvalue weighted by atomic mass is 32.1. The lowest BCUT2D eigenvalue weighted by atomic mass is 9.99. The summed E-state index contributed by atoms with van der Waals surface area (Å²) in [7, 11) is 0. The molecule has 0 N–H and O–H groups in total. The van der Waals surface area contributed by atoms with Gasteiger partial charge in [-0.3, -0.25) is 4.79 Å². The topological polar surface area (TPSA) is 17.1 Å². The van der Waals surface area contributed by atoms with Crippen molar-refractivity contribution in [1.82, 2.24) is 0 Å². The maximum Gasteiger partial charge on any atom is 0.166 e. The van der Waals surface area contributed by atoms with Crippen LogP contribution in [-0.2, 0) is 0 Å². The molecular formula is C17H18OS. The molecule has 1 aliphatic rings. The predicted octanol–water partition coefficient (Wildman–Crippen LogP) is 4.86. The average Bonchev–Trinajstić information content (AvgIpc) is 3.03. The summed E-state index contributed by atoms with van der Waals surface area (Å²) in [6.07, 6.45) is 1.02. The first kappa shape index (κ1) is 12.6. The number of hydrogen-bond donors (Lipinski definition) is 0. The molecule has 0 bridgehead atoms. The summed E-state index contributed by atoms with van der Waals surface area (Å²) >= 11 is 1.76. The minimum absolute atomic E-state index is 0.212. The number of ketones is 1. The first-order valence-corrected chi connectivity index (χ1v) is 7.72. The lowest BCUT2D eigenvalue weighted by Crippen LogP contribution is -2.03. The molecule has 0 aliphatic heterocycles. The summed E-state index contributed by atoms with van der Waals surface area (Å²) in [5.41, 5.74) is 2.16. The van der Waals surface area contributed by atoms with Crippen molar-refractivity contribution in [3.05, 3.63) is 57.8 Å². The van der Waals surface area contributed by atoms with Crippen LogP contribution in [0.3, 0.4) is 0 Å². The molecule has 98 valence electrons. The van der Waals surface area contributed by atoms with E-state index in [4.69, 9.17) is 0 Å². The van der Waals surface area contributed by atoms with E-state index in [1.165, 1.54) is 10.4 Å². The minimum Gasteiger partial charge on any atom is -0.294 e. The Labute approximate surface area is 118 Å². The van der Waals surface area contributed by atoms with Gasteiger partial charge in [0.1, 0.15) is 0 Å². The minimum atomic E-state index is 0.212. The van der Waals surface area contributed by atoms with Crippen molar-refractivity contribution in [3.63, 3.8) is 0 Å². The number of thiophene rings is 1. The molecule has 2 aromatic rings. The zero-order valence-corrected chi connectivity index (χ0v) is 12.1. The number of benzene rings is 1. The molecule has 3 rings (SSSR count). The molecule has 2 atom stereocenters. The Balaban J connectivity index is 1.72. The van der Waals surface area contributed by atoms with Crippen molar-refractivity contribution in [1.29, 1.82) is 0 Å². The third kappa shape index (κ3) is 2.50. The van der Waals surface area contributed by atoms with E-state index in [1.807, 2.05) is 12.1 Å². The van der Waals surface area contributed by atoms with Crippen LogP contribution in [0.2, 0.25) is 0 Å². The number of hydrogen-bond acceptors (Lipinski definition) is 2. The number of carbonyl (C=O) groups is 1. The smallest absolute Gasteiger partial charge is 0.166 e. The first-order valence-electron chi connectivity index (χ1n) is 6.84. The molecule has 2 heteroatoms. The van der Waals surface area contributed by atoms with Crippen molar-refractivity contribution < 1.29 is 4.79 Å². The van der Waals surface area contributed by atoms with E-state index in [1.54, 1.807) is 11.3 Å². The normalized spacial score (nSPS) is 21.6. The van der Waals surface area contributed by atoms with Gasteiger partial charge in [0.2, 0.25) is 0 Å². The Bertz CT molecular complexity index is 566. The van der Waals surface area contributed by atoms with Crippen molar-refractivity contribution in [2.24, 2.45) is 5.92 Å². The standard InChI is InChI=1S/C17H18OS/c1-11(2)12-5-7-13(8-6-12)17(18)15-10-14(15)16-4-3-9-19-16/h3-9,11,14-15H,10H2,1-2H3. The van der Waals surface area contributed by atoms with Crippen LogP contribution in [-0.4, -0.2) is 5.78 Å². The Kier molecular flexibility index (Phi) is 3.28. The van der Waals surface area contributed by atoms with Crippen molar-refractivity contribution >= 4 is 17.1 Å². The van der Waals surface area contributed by atoms with Crippen LogP contribution >= 0.6 is 11.3 Å². The van der Waals surface area contributed by atoms with Crippen molar-refractivity contribution in [2.45, 2.75) is 32.1 Å². The van der Waals surface area contributed by atoms with Gasteiger partial charge in [0.05, 0.1) is 0 Å². The van der Waals surface area contributed by atoms with Gasteiger partial charge >= 0.3 is 0 Å². The molecule has 1 saturated carbocycles. The highest BCUT2D eigenvalue weighted by Crippen LogP contribution is 2.50. The van der Waals surface area contributed by atoms with Crippen LogP contribution < -0.4 is 0 Å². The van der Waals surface area contributed by atoms with Gasteiger partial charge in [0.15, 0.2) is 5.78 Å². The van der Waals surface area contributed by atoms with E-state index in [0.29, 0.717) is 17.6 Å². The van der Waals surface area contributed by atoms with Gasteiger partial charge in [-0.25, -0.2) is 0 Å². The maximum atomic E-state index is 12.4. The largest absolute Gasteiger partial charge is 0.294 e. The van der Waals surface area contributed by atoms with Crippen LogP contribution in [0, 0.1) is 5.92 Å². The second-order valence-electron chi connectivity index (χ2n) is 5.61.